The van der Waals surface area contributed by atoms with Crippen molar-refractivity contribution >= 4 is 46.5 Å². The number of aromatic nitrogens is 1. The van der Waals surface area contributed by atoms with Crippen molar-refractivity contribution in [1.29, 1.82) is 0 Å². The molecular weight excluding hydrogens is 575 g/mol. The largest absolute Gasteiger partial charge is 0.489 e. The molecule has 0 amide bonds. The van der Waals surface area contributed by atoms with Gasteiger partial charge in [-0.2, -0.15) is 0 Å². The van der Waals surface area contributed by atoms with Gasteiger partial charge in [0.25, 0.3) is 0 Å². The van der Waals surface area contributed by atoms with Crippen LogP contribution in [0.3, 0.4) is 0 Å². The van der Waals surface area contributed by atoms with Gasteiger partial charge in [-0.05, 0) is 80.3 Å². The number of aryl methyl sites for hydroxylation is 1. The zero-order chi connectivity index (χ0) is 28.4. The van der Waals surface area contributed by atoms with Gasteiger partial charge >= 0.3 is 5.97 Å². The molecular formula is C30H25Cl3N2O5. The summed E-state index contributed by atoms with van der Waals surface area (Å²) in [5.74, 6) is 0.664. The van der Waals surface area contributed by atoms with E-state index < -0.39 is 5.97 Å². The molecule has 0 saturated heterocycles. The number of carbonyl (C=O) groups is 1. The van der Waals surface area contributed by atoms with E-state index in [0.29, 0.717) is 54.8 Å². The van der Waals surface area contributed by atoms with Gasteiger partial charge in [0.2, 0.25) is 0 Å². The molecule has 0 aliphatic heterocycles. The Labute approximate surface area is 246 Å². The van der Waals surface area contributed by atoms with Crippen LogP contribution in [0.4, 0.5) is 0 Å². The Kier molecular flexibility index (Phi) is 8.35. The molecule has 0 radical (unpaired) electrons. The monoisotopic (exact) mass is 598 g/mol. The lowest BCUT2D eigenvalue weighted by Crippen LogP contribution is -2.02. The van der Waals surface area contributed by atoms with Gasteiger partial charge < -0.3 is 19.2 Å². The summed E-state index contributed by atoms with van der Waals surface area (Å²) in [5, 5.41) is 19.1. The molecule has 0 atom stereocenters. The average Bonchev–Trinajstić information content (AvgIpc) is 3.67. The van der Waals surface area contributed by atoms with E-state index in [9.17, 15) is 9.90 Å². The van der Waals surface area contributed by atoms with Crippen molar-refractivity contribution in [2.45, 2.75) is 45.8 Å². The van der Waals surface area contributed by atoms with E-state index in [4.69, 9.17) is 48.9 Å². The van der Waals surface area contributed by atoms with Crippen molar-refractivity contribution in [2.75, 3.05) is 0 Å². The maximum atomic E-state index is 11.3. The zero-order valence-corrected chi connectivity index (χ0v) is 24.0. The fraction of sp³-hybridized carbons (Fsp3) is 0.233. The third kappa shape index (κ3) is 6.28. The third-order valence-electron chi connectivity index (χ3n) is 6.50. The number of carboxylic acids is 1. The summed E-state index contributed by atoms with van der Waals surface area (Å²) in [6.07, 6.45) is 2.06. The summed E-state index contributed by atoms with van der Waals surface area (Å²) in [7, 11) is 0. The van der Waals surface area contributed by atoms with Gasteiger partial charge in [0.1, 0.15) is 30.4 Å². The normalized spacial score (nSPS) is 13.4. The van der Waals surface area contributed by atoms with Crippen LogP contribution in [-0.4, -0.2) is 21.9 Å². The summed E-state index contributed by atoms with van der Waals surface area (Å²) >= 11 is 19.5. The lowest BCUT2D eigenvalue weighted by Gasteiger charge is -2.11. The molecule has 1 saturated carbocycles. The molecule has 5 rings (SSSR count). The first-order valence-electron chi connectivity index (χ1n) is 12.6. The Morgan fingerprint density at radius 2 is 1.80 bits per heavy atom. The Morgan fingerprint density at radius 3 is 2.48 bits per heavy atom. The second-order valence-electron chi connectivity index (χ2n) is 9.64. The minimum absolute atomic E-state index is 0.123. The molecule has 1 aliphatic rings. The maximum Gasteiger partial charge on any atom is 0.335 e. The Balaban J connectivity index is 1.29. The number of carboxylic acid groups (broad SMARTS) is 1. The SMILES string of the molecule is C/C(=N\OCc1cc(C)cc(C(=O)O)c1)c1ccc(OCc2c(-c3c(Cl)cccc3Cl)noc2C2CC2)cc1Cl. The van der Waals surface area contributed by atoms with Crippen LogP contribution in [0, 0.1) is 6.92 Å². The molecule has 0 spiro atoms. The van der Waals surface area contributed by atoms with Crippen LogP contribution in [0.5, 0.6) is 5.75 Å². The molecule has 1 N–H and O–H groups in total. The number of nitrogens with zero attached hydrogens (tertiary/aromatic N) is 2. The number of rotatable bonds is 10. The second kappa shape index (κ2) is 11.9. The van der Waals surface area contributed by atoms with E-state index in [1.54, 1.807) is 55.5 Å². The fourth-order valence-corrected chi connectivity index (χ4v) is 5.29. The van der Waals surface area contributed by atoms with Gasteiger partial charge in [-0.3, -0.25) is 0 Å². The van der Waals surface area contributed by atoms with Crippen LogP contribution >= 0.6 is 34.8 Å². The first-order valence-corrected chi connectivity index (χ1v) is 13.7. The average molecular weight is 600 g/mol. The molecule has 1 aromatic heterocycles. The number of aromatic carboxylic acids is 1. The number of oxime groups is 1. The fourth-order valence-electron chi connectivity index (χ4n) is 4.40. The Morgan fingerprint density at radius 1 is 1.05 bits per heavy atom. The van der Waals surface area contributed by atoms with E-state index in [2.05, 4.69) is 10.3 Å². The molecule has 4 aromatic rings. The molecule has 3 aromatic carbocycles. The van der Waals surface area contributed by atoms with E-state index in [1.165, 1.54) is 0 Å². The van der Waals surface area contributed by atoms with Crippen molar-refractivity contribution in [3.05, 3.63) is 103 Å². The van der Waals surface area contributed by atoms with E-state index in [0.717, 1.165) is 29.7 Å². The van der Waals surface area contributed by atoms with Crippen molar-refractivity contribution < 1.29 is 24.0 Å². The molecule has 206 valence electrons. The van der Waals surface area contributed by atoms with E-state index in [-0.39, 0.29) is 18.8 Å². The molecule has 1 heterocycles. The molecule has 40 heavy (non-hydrogen) atoms. The summed E-state index contributed by atoms with van der Waals surface area (Å²) in [6.45, 7) is 3.93. The first kappa shape index (κ1) is 28.0. The number of hydrogen-bond acceptors (Lipinski definition) is 6. The third-order valence-corrected chi connectivity index (χ3v) is 7.44. The van der Waals surface area contributed by atoms with E-state index >= 15 is 0 Å². The smallest absolute Gasteiger partial charge is 0.335 e. The van der Waals surface area contributed by atoms with E-state index in [1.807, 2.05) is 13.0 Å². The van der Waals surface area contributed by atoms with Crippen molar-refractivity contribution in [1.82, 2.24) is 5.16 Å². The summed E-state index contributed by atoms with van der Waals surface area (Å²) in [5.41, 5.74) is 4.98. The summed E-state index contributed by atoms with van der Waals surface area (Å²) in [6, 6.07) is 15.6. The number of ether oxygens (including phenoxy) is 1. The highest BCUT2D eigenvalue weighted by Gasteiger charge is 2.33. The number of hydrogen-bond donors (Lipinski definition) is 1. The molecule has 0 unspecified atom stereocenters. The minimum Gasteiger partial charge on any atom is -0.489 e. The van der Waals surface area contributed by atoms with Crippen molar-refractivity contribution in [3.8, 4) is 17.0 Å². The predicted molar refractivity (Wildman–Crippen MR) is 155 cm³/mol. The van der Waals surface area contributed by atoms with Gasteiger partial charge in [-0.25, -0.2) is 4.79 Å². The zero-order valence-electron chi connectivity index (χ0n) is 21.7. The predicted octanol–water partition coefficient (Wildman–Crippen LogP) is 8.71. The van der Waals surface area contributed by atoms with Crippen LogP contribution < -0.4 is 4.74 Å². The number of benzene rings is 3. The van der Waals surface area contributed by atoms with Crippen LogP contribution in [0.1, 0.15) is 64.1 Å². The van der Waals surface area contributed by atoms with Gasteiger partial charge in [0.15, 0.2) is 0 Å². The molecule has 1 aliphatic carbocycles. The molecule has 1 fully saturated rings. The topological polar surface area (TPSA) is 94.2 Å². The van der Waals surface area contributed by atoms with Gasteiger partial charge in [-0.1, -0.05) is 57.2 Å². The highest BCUT2D eigenvalue weighted by molar-refractivity contribution is 6.39. The quantitative estimate of drug-likeness (QED) is 0.145. The minimum atomic E-state index is -0.990. The van der Waals surface area contributed by atoms with Crippen LogP contribution in [0.15, 0.2) is 64.3 Å². The Hall–Kier alpha value is -3.52. The Bertz CT molecular complexity index is 1590. The molecule has 0 bridgehead atoms. The second-order valence-corrected chi connectivity index (χ2v) is 10.9. The summed E-state index contributed by atoms with van der Waals surface area (Å²) < 4.78 is 11.8. The maximum absolute atomic E-state index is 11.3. The van der Waals surface area contributed by atoms with Crippen LogP contribution in [0.2, 0.25) is 15.1 Å². The lowest BCUT2D eigenvalue weighted by molar-refractivity contribution is 0.0696. The highest BCUT2D eigenvalue weighted by atomic mass is 35.5. The van der Waals surface area contributed by atoms with Crippen molar-refractivity contribution in [2.24, 2.45) is 5.16 Å². The molecule has 7 nitrogen and oxygen atoms in total. The highest BCUT2D eigenvalue weighted by Crippen LogP contribution is 2.46. The van der Waals surface area contributed by atoms with Crippen molar-refractivity contribution in [3.63, 3.8) is 0 Å². The number of halogens is 3. The lowest BCUT2D eigenvalue weighted by atomic mass is 10.0. The van der Waals surface area contributed by atoms with Gasteiger partial charge in [-0.15, -0.1) is 0 Å². The summed E-state index contributed by atoms with van der Waals surface area (Å²) in [4.78, 5) is 16.8. The first-order chi connectivity index (χ1) is 19.2. The molecule has 10 heteroatoms. The van der Waals surface area contributed by atoms with Gasteiger partial charge in [0, 0.05) is 17.0 Å². The standard InChI is InChI=1S/C30H25Cl3N2O5/c1-16-10-18(12-20(11-16)30(36)37)14-39-34-17(2)22-9-8-21(13-26(22)33)38-15-23-28(35-40-29(23)19-6-7-19)27-24(31)4-3-5-25(27)32/h3-5,8-13,19H,6-7,14-15H2,1-2H3,(H,36,37)/b34-17+. The van der Waals surface area contributed by atoms with Gasteiger partial charge in [0.05, 0.1) is 31.9 Å². The van der Waals surface area contributed by atoms with Crippen LogP contribution in [-0.2, 0) is 18.1 Å². The van der Waals surface area contributed by atoms with Crippen LogP contribution in [0.25, 0.3) is 11.3 Å².